The van der Waals surface area contributed by atoms with Crippen molar-refractivity contribution in [2.24, 2.45) is 0 Å². The third-order valence-electron chi connectivity index (χ3n) is 3.40. The van der Waals surface area contributed by atoms with E-state index < -0.39 is 10.8 Å². The molecule has 2 rings (SSSR count). The Kier molecular flexibility index (Phi) is 5.23. The van der Waals surface area contributed by atoms with E-state index in [1.54, 1.807) is 31.3 Å². The topological polar surface area (TPSA) is 114 Å². The summed E-state index contributed by atoms with van der Waals surface area (Å²) in [4.78, 5) is 33.9. The van der Waals surface area contributed by atoms with Crippen LogP contribution in [0.25, 0.3) is 6.08 Å². The number of aromatic nitrogens is 1. The van der Waals surface area contributed by atoms with Gasteiger partial charge in [0.2, 0.25) is 0 Å². The Balaban J connectivity index is 2.33. The highest BCUT2D eigenvalue weighted by Gasteiger charge is 2.11. The van der Waals surface area contributed by atoms with Crippen LogP contribution in [0, 0.1) is 17.0 Å². The fraction of sp³-hybridized carbons (Fsp3) is 0.125. The largest absolute Gasteiger partial charge is 0.311 e. The van der Waals surface area contributed by atoms with Crippen molar-refractivity contribution in [3.8, 4) is 0 Å². The van der Waals surface area contributed by atoms with Crippen LogP contribution >= 0.6 is 0 Å². The molecule has 0 aliphatic rings. The van der Waals surface area contributed by atoms with Crippen molar-refractivity contribution < 1.29 is 14.9 Å². The molecule has 0 fully saturated rings. The number of benzene rings is 1. The van der Waals surface area contributed by atoms with E-state index in [1.165, 1.54) is 28.3 Å². The molecule has 0 atom stereocenters. The van der Waals surface area contributed by atoms with Gasteiger partial charge in [0, 0.05) is 29.5 Å². The van der Waals surface area contributed by atoms with Gasteiger partial charge < -0.3 is 4.57 Å². The van der Waals surface area contributed by atoms with Crippen LogP contribution in [0.1, 0.15) is 16.7 Å². The molecule has 0 bridgehead atoms. The van der Waals surface area contributed by atoms with Gasteiger partial charge in [0.05, 0.1) is 11.5 Å². The molecule has 1 aromatic heterocycles. The number of carbonyl (C=O) groups is 1. The van der Waals surface area contributed by atoms with E-state index >= 15 is 0 Å². The predicted molar refractivity (Wildman–Crippen MR) is 86.6 cm³/mol. The van der Waals surface area contributed by atoms with Gasteiger partial charge in [0.1, 0.15) is 0 Å². The second-order valence-electron chi connectivity index (χ2n) is 5.08. The van der Waals surface area contributed by atoms with E-state index in [-0.39, 0.29) is 23.4 Å². The fourth-order valence-electron chi connectivity index (χ4n) is 2.16. The lowest BCUT2D eigenvalue weighted by atomic mass is 10.1. The molecule has 8 heteroatoms. The molecule has 0 aliphatic heterocycles. The third kappa shape index (κ3) is 3.93. The summed E-state index contributed by atoms with van der Waals surface area (Å²) in [6.45, 7) is 1.81. The Morgan fingerprint density at radius 1 is 1.42 bits per heavy atom. The van der Waals surface area contributed by atoms with E-state index in [0.717, 1.165) is 6.08 Å². The molecule has 1 aromatic carbocycles. The van der Waals surface area contributed by atoms with Gasteiger partial charge in [-0.1, -0.05) is 12.1 Å². The highest BCUT2D eigenvalue weighted by atomic mass is 16.6. The van der Waals surface area contributed by atoms with Crippen molar-refractivity contribution >= 4 is 17.7 Å². The minimum Gasteiger partial charge on any atom is -0.311 e. The smallest absolute Gasteiger partial charge is 0.272 e. The highest BCUT2D eigenvalue weighted by molar-refractivity contribution is 5.90. The number of carbonyl (C=O) groups excluding carboxylic acids is 1. The lowest BCUT2D eigenvalue weighted by Gasteiger charge is -2.07. The van der Waals surface area contributed by atoms with Crippen molar-refractivity contribution in [1.29, 1.82) is 0 Å². The maximum absolute atomic E-state index is 12.3. The summed E-state index contributed by atoms with van der Waals surface area (Å²) in [5, 5.41) is 19.4. The quantitative estimate of drug-likeness (QED) is 0.374. The summed E-state index contributed by atoms with van der Waals surface area (Å²) < 4.78 is 1.38. The number of aryl methyl sites for hydroxylation is 1. The highest BCUT2D eigenvalue weighted by Crippen LogP contribution is 2.19. The Labute approximate surface area is 136 Å². The molecule has 0 radical (unpaired) electrons. The summed E-state index contributed by atoms with van der Waals surface area (Å²) in [5.41, 5.74) is 2.48. The zero-order valence-corrected chi connectivity index (χ0v) is 12.8. The first-order valence-corrected chi connectivity index (χ1v) is 6.98. The normalized spacial score (nSPS) is 10.8. The Morgan fingerprint density at radius 3 is 2.83 bits per heavy atom. The molecule has 2 aromatic rings. The van der Waals surface area contributed by atoms with Crippen LogP contribution < -0.4 is 11.0 Å². The van der Waals surface area contributed by atoms with Gasteiger partial charge in [-0.15, -0.1) is 0 Å². The van der Waals surface area contributed by atoms with Crippen LogP contribution in [0.15, 0.2) is 47.4 Å². The number of nitro groups is 1. The van der Waals surface area contributed by atoms with Crippen molar-refractivity contribution in [2.75, 3.05) is 0 Å². The number of pyridine rings is 1. The van der Waals surface area contributed by atoms with Gasteiger partial charge in [0.15, 0.2) is 0 Å². The van der Waals surface area contributed by atoms with Crippen molar-refractivity contribution in [1.82, 2.24) is 10.0 Å². The van der Waals surface area contributed by atoms with Crippen LogP contribution in [0.4, 0.5) is 5.69 Å². The first-order chi connectivity index (χ1) is 11.4. The molecule has 0 unspecified atom stereocenters. The van der Waals surface area contributed by atoms with E-state index in [4.69, 9.17) is 5.21 Å². The van der Waals surface area contributed by atoms with E-state index in [2.05, 4.69) is 0 Å². The Bertz CT molecular complexity index is 870. The van der Waals surface area contributed by atoms with E-state index in [1.807, 2.05) is 0 Å². The number of hydroxylamine groups is 1. The zero-order chi connectivity index (χ0) is 17.7. The summed E-state index contributed by atoms with van der Waals surface area (Å²) in [7, 11) is 0. The summed E-state index contributed by atoms with van der Waals surface area (Å²) in [6.07, 6.45) is 3.86. The van der Waals surface area contributed by atoms with Gasteiger partial charge in [-0.05, 0) is 30.7 Å². The zero-order valence-electron chi connectivity index (χ0n) is 12.8. The molecule has 8 nitrogen and oxygen atoms in total. The summed E-state index contributed by atoms with van der Waals surface area (Å²) in [5.74, 6) is -0.751. The average Bonchev–Trinajstić information content (AvgIpc) is 2.56. The van der Waals surface area contributed by atoms with Crippen LogP contribution in [0.2, 0.25) is 0 Å². The molecule has 0 aliphatic carbocycles. The van der Waals surface area contributed by atoms with Crippen molar-refractivity contribution in [3.05, 3.63) is 79.8 Å². The van der Waals surface area contributed by atoms with Gasteiger partial charge in [-0.3, -0.25) is 24.9 Å². The fourth-order valence-corrected chi connectivity index (χ4v) is 2.16. The molecule has 0 saturated heterocycles. The third-order valence-corrected chi connectivity index (χ3v) is 3.40. The molecule has 0 saturated carbocycles. The maximum atomic E-state index is 12.3. The number of amides is 1. The molecule has 24 heavy (non-hydrogen) atoms. The second kappa shape index (κ2) is 7.34. The maximum Gasteiger partial charge on any atom is 0.272 e. The standard InChI is InChI=1S/C16H15N3O5/c1-11-4-5-12(9-14(11)19(23)24)10-18-8-2-3-13(16(18)21)6-7-15(20)17-22/h2-9,22H,10H2,1H3,(H,17,20)/b7-6+. The van der Waals surface area contributed by atoms with Gasteiger partial charge in [-0.2, -0.15) is 0 Å². The van der Waals surface area contributed by atoms with E-state index in [0.29, 0.717) is 11.1 Å². The van der Waals surface area contributed by atoms with Gasteiger partial charge in [-0.25, -0.2) is 5.48 Å². The number of nitrogens with zero attached hydrogens (tertiary/aromatic N) is 2. The number of hydrogen-bond acceptors (Lipinski definition) is 5. The van der Waals surface area contributed by atoms with Gasteiger partial charge >= 0.3 is 0 Å². The Hall–Kier alpha value is -3.26. The lowest BCUT2D eigenvalue weighted by Crippen LogP contribution is -2.22. The number of rotatable bonds is 5. The van der Waals surface area contributed by atoms with Crippen molar-refractivity contribution in [2.45, 2.75) is 13.5 Å². The van der Waals surface area contributed by atoms with Crippen LogP contribution in [-0.4, -0.2) is 20.6 Å². The molecule has 124 valence electrons. The molecular formula is C16H15N3O5. The number of nitrogens with one attached hydrogen (secondary N) is 1. The molecule has 2 N–H and O–H groups in total. The van der Waals surface area contributed by atoms with E-state index in [9.17, 15) is 19.7 Å². The molecular weight excluding hydrogens is 314 g/mol. The van der Waals surface area contributed by atoms with Crippen LogP contribution in [0.5, 0.6) is 0 Å². The minimum atomic E-state index is -0.751. The van der Waals surface area contributed by atoms with Gasteiger partial charge in [0.25, 0.3) is 17.2 Å². The Morgan fingerprint density at radius 2 is 2.17 bits per heavy atom. The average molecular weight is 329 g/mol. The second-order valence-corrected chi connectivity index (χ2v) is 5.08. The predicted octanol–water partition coefficient (Wildman–Crippen LogP) is 1.63. The summed E-state index contributed by atoms with van der Waals surface area (Å²) in [6, 6.07) is 7.94. The van der Waals surface area contributed by atoms with Crippen molar-refractivity contribution in [3.63, 3.8) is 0 Å². The van der Waals surface area contributed by atoms with Crippen LogP contribution in [0.3, 0.4) is 0 Å². The first-order valence-electron chi connectivity index (χ1n) is 6.98. The monoisotopic (exact) mass is 329 g/mol. The lowest BCUT2D eigenvalue weighted by molar-refractivity contribution is -0.385. The molecule has 1 heterocycles. The minimum absolute atomic E-state index is 0.00350. The molecule has 0 spiro atoms. The SMILES string of the molecule is Cc1ccc(Cn2cccc(/C=C/C(=O)NO)c2=O)cc1[N+](=O)[O-]. The summed E-state index contributed by atoms with van der Waals surface area (Å²) >= 11 is 0. The first kappa shape index (κ1) is 17.1. The van der Waals surface area contributed by atoms with Crippen LogP contribution in [-0.2, 0) is 11.3 Å². The molecule has 1 amide bonds. The number of nitro benzene ring substituents is 1. The number of hydrogen-bond donors (Lipinski definition) is 2.